The first kappa shape index (κ1) is 17.0. The largest absolute Gasteiger partial charge is 0.478 e. The highest BCUT2D eigenvalue weighted by atomic mass is 35.5. The lowest BCUT2D eigenvalue weighted by atomic mass is 10.1. The molecule has 0 heterocycles. The summed E-state index contributed by atoms with van der Waals surface area (Å²) in [5, 5.41) is 9.10. The molecule has 23 heavy (non-hydrogen) atoms. The summed E-state index contributed by atoms with van der Waals surface area (Å²) in [7, 11) is -4.31. The Bertz CT molecular complexity index is 896. The van der Waals surface area contributed by atoms with Gasteiger partial charge in [0.25, 0.3) is 10.0 Å². The van der Waals surface area contributed by atoms with Crippen LogP contribution in [0, 0.1) is 5.82 Å². The molecule has 5 nitrogen and oxygen atoms in total. The molecule has 0 aliphatic rings. The molecule has 0 radical (unpaired) electrons. The number of nitrogens with one attached hydrogen (secondary N) is 1. The summed E-state index contributed by atoms with van der Waals surface area (Å²) in [5.41, 5.74) is -0.377. The van der Waals surface area contributed by atoms with Gasteiger partial charge in [0.1, 0.15) is 16.3 Å². The molecular formula is C15H11ClFNO4S. The second-order valence-electron chi connectivity index (χ2n) is 4.44. The van der Waals surface area contributed by atoms with Crippen LogP contribution in [0.5, 0.6) is 0 Å². The summed E-state index contributed by atoms with van der Waals surface area (Å²) < 4.78 is 40.2. The fourth-order valence-corrected chi connectivity index (χ4v) is 3.38. The summed E-state index contributed by atoms with van der Waals surface area (Å²) in [4.78, 5) is 10.8. The van der Waals surface area contributed by atoms with E-state index in [0.717, 1.165) is 12.1 Å². The molecule has 120 valence electrons. The van der Waals surface area contributed by atoms with Gasteiger partial charge < -0.3 is 5.11 Å². The molecule has 0 atom stereocenters. The van der Waals surface area contributed by atoms with Crippen LogP contribution in [0.3, 0.4) is 0 Å². The first-order valence-corrected chi connectivity index (χ1v) is 8.09. The molecule has 0 saturated carbocycles. The third-order valence-corrected chi connectivity index (χ3v) is 4.78. The van der Waals surface area contributed by atoms with Gasteiger partial charge >= 0.3 is 5.97 Å². The third-order valence-electron chi connectivity index (χ3n) is 2.98. The van der Waals surface area contributed by atoms with E-state index in [0.29, 0.717) is 5.56 Å². The van der Waals surface area contributed by atoms with Crippen LogP contribution >= 0.6 is 11.6 Å². The van der Waals surface area contributed by atoms with Gasteiger partial charge in [-0.1, -0.05) is 42.5 Å². The zero-order valence-electron chi connectivity index (χ0n) is 11.6. The summed E-state index contributed by atoms with van der Waals surface area (Å²) in [6, 6.07) is 7.38. The molecule has 2 N–H and O–H groups in total. The van der Waals surface area contributed by atoms with Crippen molar-refractivity contribution < 1.29 is 22.7 Å². The van der Waals surface area contributed by atoms with Crippen LogP contribution in [0.4, 0.5) is 10.1 Å². The van der Waals surface area contributed by atoms with Gasteiger partial charge in [0.15, 0.2) is 0 Å². The number of benzene rings is 2. The minimum Gasteiger partial charge on any atom is -0.478 e. The van der Waals surface area contributed by atoms with E-state index < -0.39 is 32.3 Å². The molecule has 2 aromatic rings. The lowest BCUT2D eigenvalue weighted by Crippen LogP contribution is -2.17. The lowest BCUT2D eigenvalue weighted by Gasteiger charge is -2.13. The topological polar surface area (TPSA) is 83.5 Å². The molecule has 2 rings (SSSR count). The van der Waals surface area contributed by atoms with E-state index in [9.17, 15) is 22.7 Å². The molecule has 0 saturated heterocycles. The van der Waals surface area contributed by atoms with E-state index in [1.807, 2.05) is 0 Å². The van der Waals surface area contributed by atoms with Crippen molar-refractivity contribution >= 4 is 39.4 Å². The van der Waals surface area contributed by atoms with Gasteiger partial charge in [-0.25, -0.2) is 17.6 Å². The maximum Gasteiger partial charge on any atom is 0.339 e. The van der Waals surface area contributed by atoms with Crippen molar-refractivity contribution in [3.05, 3.63) is 64.9 Å². The fourth-order valence-electron chi connectivity index (χ4n) is 1.91. The Morgan fingerprint density at radius 3 is 2.48 bits per heavy atom. The molecular weight excluding hydrogens is 345 g/mol. The standard InChI is InChI=1S/C15H11ClFNO4S/c1-2-9-7-8-11(13(14(9)16)15(19)20)18-23(21,22)12-6-4-3-5-10(12)17/h2-8,18H,1H2,(H,19,20). The highest BCUT2D eigenvalue weighted by Gasteiger charge is 2.23. The van der Waals surface area contributed by atoms with Crippen molar-refractivity contribution in [3.8, 4) is 0 Å². The smallest absolute Gasteiger partial charge is 0.339 e. The van der Waals surface area contributed by atoms with Crippen molar-refractivity contribution in [1.82, 2.24) is 0 Å². The number of rotatable bonds is 5. The zero-order chi connectivity index (χ0) is 17.2. The van der Waals surface area contributed by atoms with Crippen LogP contribution in [0.2, 0.25) is 5.02 Å². The van der Waals surface area contributed by atoms with Gasteiger partial charge in [-0.2, -0.15) is 0 Å². The van der Waals surface area contributed by atoms with E-state index in [4.69, 9.17) is 11.6 Å². The van der Waals surface area contributed by atoms with Crippen molar-refractivity contribution in [2.75, 3.05) is 4.72 Å². The number of anilines is 1. The third kappa shape index (κ3) is 3.35. The number of halogens is 2. The van der Waals surface area contributed by atoms with Crippen LogP contribution in [0.15, 0.2) is 47.9 Å². The fraction of sp³-hybridized carbons (Fsp3) is 0. The monoisotopic (exact) mass is 355 g/mol. The van der Waals surface area contributed by atoms with E-state index in [2.05, 4.69) is 11.3 Å². The SMILES string of the molecule is C=Cc1ccc(NS(=O)(=O)c2ccccc2F)c(C(=O)O)c1Cl. The minimum absolute atomic E-state index is 0.166. The van der Waals surface area contributed by atoms with Crippen LogP contribution in [-0.4, -0.2) is 19.5 Å². The second kappa shape index (κ2) is 6.39. The van der Waals surface area contributed by atoms with Gasteiger partial charge in [-0.05, 0) is 23.8 Å². The summed E-state index contributed by atoms with van der Waals surface area (Å²) in [6.07, 6.45) is 1.34. The van der Waals surface area contributed by atoms with E-state index >= 15 is 0 Å². The van der Waals surface area contributed by atoms with Crippen LogP contribution < -0.4 is 4.72 Å². The Balaban J connectivity index is 2.56. The van der Waals surface area contributed by atoms with Gasteiger partial charge in [0, 0.05) is 0 Å². The first-order valence-electron chi connectivity index (χ1n) is 6.23. The van der Waals surface area contributed by atoms with Crippen molar-refractivity contribution in [2.45, 2.75) is 4.90 Å². The number of hydrogen-bond donors (Lipinski definition) is 2. The highest BCUT2D eigenvalue weighted by molar-refractivity contribution is 7.92. The number of sulfonamides is 1. The quantitative estimate of drug-likeness (QED) is 0.858. The number of carbonyl (C=O) groups is 1. The van der Waals surface area contributed by atoms with E-state index in [1.165, 1.54) is 30.3 Å². The van der Waals surface area contributed by atoms with Crippen molar-refractivity contribution in [1.29, 1.82) is 0 Å². The molecule has 0 spiro atoms. The molecule has 0 aromatic heterocycles. The molecule has 0 aliphatic carbocycles. The van der Waals surface area contributed by atoms with Crippen LogP contribution in [-0.2, 0) is 10.0 Å². The van der Waals surface area contributed by atoms with Gasteiger partial charge in [-0.3, -0.25) is 4.72 Å². The predicted octanol–water partition coefficient (Wildman–Crippen LogP) is 3.62. The molecule has 0 fully saturated rings. The molecule has 0 aliphatic heterocycles. The molecule has 0 amide bonds. The van der Waals surface area contributed by atoms with Gasteiger partial charge in [0.2, 0.25) is 0 Å². The second-order valence-corrected chi connectivity index (χ2v) is 6.47. The van der Waals surface area contributed by atoms with E-state index in [-0.39, 0.29) is 10.7 Å². The maximum atomic E-state index is 13.7. The molecule has 2 aromatic carbocycles. The highest BCUT2D eigenvalue weighted by Crippen LogP contribution is 2.31. The maximum absolute atomic E-state index is 13.7. The number of carboxylic acid groups (broad SMARTS) is 1. The van der Waals surface area contributed by atoms with Crippen molar-refractivity contribution in [2.24, 2.45) is 0 Å². The first-order chi connectivity index (χ1) is 10.8. The Hall–Kier alpha value is -2.38. The Morgan fingerprint density at radius 1 is 1.26 bits per heavy atom. The summed E-state index contributed by atoms with van der Waals surface area (Å²) >= 11 is 5.95. The van der Waals surface area contributed by atoms with E-state index in [1.54, 1.807) is 0 Å². The van der Waals surface area contributed by atoms with Crippen LogP contribution in [0.1, 0.15) is 15.9 Å². The number of hydrogen-bond acceptors (Lipinski definition) is 3. The summed E-state index contributed by atoms with van der Waals surface area (Å²) in [5.74, 6) is -2.38. The normalized spacial score (nSPS) is 11.0. The number of aromatic carboxylic acids is 1. The molecule has 0 bridgehead atoms. The minimum atomic E-state index is -4.31. The Labute approximate surface area is 137 Å². The summed E-state index contributed by atoms with van der Waals surface area (Å²) in [6.45, 7) is 3.49. The average Bonchev–Trinajstić information content (AvgIpc) is 2.47. The Morgan fingerprint density at radius 2 is 1.91 bits per heavy atom. The van der Waals surface area contributed by atoms with Gasteiger partial charge in [0.05, 0.1) is 10.7 Å². The zero-order valence-corrected chi connectivity index (χ0v) is 13.2. The Kier molecular flexibility index (Phi) is 4.72. The van der Waals surface area contributed by atoms with Crippen LogP contribution in [0.25, 0.3) is 6.08 Å². The predicted molar refractivity (Wildman–Crippen MR) is 85.7 cm³/mol. The lowest BCUT2D eigenvalue weighted by molar-refractivity contribution is 0.0698. The van der Waals surface area contributed by atoms with Crippen molar-refractivity contribution in [3.63, 3.8) is 0 Å². The molecule has 8 heteroatoms. The molecule has 0 unspecified atom stereocenters. The average molecular weight is 356 g/mol. The number of carboxylic acids is 1. The van der Waals surface area contributed by atoms with Gasteiger partial charge in [-0.15, -0.1) is 0 Å².